The van der Waals surface area contributed by atoms with Crippen LogP contribution in [0.15, 0.2) is 96.1 Å². The Morgan fingerprint density at radius 1 is 1.08 bits per heavy atom. The van der Waals surface area contributed by atoms with E-state index < -0.39 is 0 Å². The van der Waals surface area contributed by atoms with Gasteiger partial charge in [0.05, 0.1) is 12.9 Å². The molecule has 1 aromatic rings. The van der Waals surface area contributed by atoms with Gasteiger partial charge < -0.3 is 24.6 Å². The predicted octanol–water partition coefficient (Wildman–Crippen LogP) is 9.40. The first-order chi connectivity index (χ1) is 23.8. The van der Waals surface area contributed by atoms with Gasteiger partial charge in [0, 0.05) is 61.2 Å². The lowest BCUT2D eigenvalue weighted by Crippen LogP contribution is -2.24. The molecule has 7 nitrogen and oxygen atoms in total. The van der Waals surface area contributed by atoms with E-state index >= 15 is 0 Å². The average Bonchev–Trinajstić information content (AvgIpc) is 3.93. The third kappa shape index (κ3) is 12.3. The van der Waals surface area contributed by atoms with Crippen LogP contribution in [0.1, 0.15) is 90.4 Å². The van der Waals surface area contributed by atoms with Gasteiger partial charge in [-0.2, -0.15) is 0 Å². The van der Waals surface area contributed by atoms with Gasteiger partial charge in [-0.1, -0.05) is 76.0 Å². The molecule has 1 aromatic heterocycles. The summed E-state index contributed by atoms with van der Waals surface area (Å²) in [5.74, 6) is 2.32. The summed E-state index contributed by atoms with van der Waals surface area (Å²) in [4.78, 5) is 22.0. The number of carbonyl (C=O) groups is 2. The van der Waals surface area contributed by atoms with Crippen molar-refractivity contribution in [3.05, 3.63) is 108 Å². The first-order valence-electron chi connectivity index (χ1n) is 17.7. The molecular weight excluding hydrogens is 617 g/mol. The number of unbranched alkanes of at least 4 members (excludes halogenated alkanes) is 2. The Balaban J connectivity index is 0.00000111. The maximum absolute atomic E-state index is 11.8. The molecule has 2 N–H and O–H groups in total. The Kier molecular flexibility index (Phi) is 18.6. The van der Waals surface area contributed by atoms with Crippen LogP contribution in [0.2, 0.25) is 0 Å². The van der Waals surface area contributed by atoms with Crippen molar-refractivity contribution in [2.24, 2.45) is 11.8 Å². The summed E-state index contributed by atoms with van der Waals surface area (Å²) in [7, 11) is 0.500. The van der Waals surface area contributed by atoms with Crippen molar-refractivity contribution in [2.45, 2.75) is 85.6 Å². The van der Waals surface area contributed by atoms with Crippen LogP contribution in [0.3, 0.4) is 0 Å². The fraction of sp³-hybridized carbons (Fsp3) is 0.463. The van der Waals surface area contributed by atoms with Crippen molar-refractivity contribution in [3.63, 3.8) is 0 Å². The van der Waals surface area contributed by atoms with Crippen LogP contribution in [0.25, 0.3) is 11.6 Å². The van der Waals surface area contributed by atoms with Crippen molar-refractivity contribution in [3.8, 4) is 0 Å². The highest BCUT2D eigenvalue weighted by Crippen LogP contribution is 2.37. The molecule has 1 fully saturated rings. The zero-order chi connectivity index (χ0) is 36.2. The Morgan fingerprint density at radius 2 is 1.84 bits per heavy atom. The summed E-state index contributed by atoms with van der Waals surface area (Å²) in [6.45, 7) is 19.5. The normalized spacial score (nSPS) is 19.9. The van der Waals surface area contributed by atoms with E-state index in [1.54, 1.807) is 0 Å². The minimum Gasteiger partial charge on any atom is -0.492 e. The fourth-order valence-corrected chi connectivity index (χ4v) is 6.46. The van der Waals surface area contributed by atoms with E-state index in [9.17, 15) is 9.18 Å². The number of nitrogens with zero attached hydrogens (tertiary/aromatic N) is 2. The number of amides is 1. The molecule has 0 saturated carbocycles. The number of allylic oxidation sites excluding steroid dienone is 12. The monoisotopic (exact) mass is 675 g/mol. The maximum atomic E-state index is 11.8. The number of likely N-dealkylation sites (tertiary alicyclic amines) is 1. The Labute approximate surface area is 294 Å². The number of carboxylic acid groups (broad SMARTS) is 1. The van der Waals surface area contributed by atoms with Crippen LogP contribution >= 0.6 is 0 Å². The van der Waals surface area contributed by atoms with Gasteiger partial charge in [0.1, 0.15) is 6.61 Å². The van der Waals surface area contributed by atoms with Crippen molar-refractivity contribution in [1.82, 2.24) is 14.8 Å². The number of hydrogen-bond acceptors (Lipinski definition) is 4. The van der Waals surface area contributed by atoms with E-state index in [1.807, 2.05) is 18.7 Å². The zero-order valence-corrected chi connectivity index (χ0v) is 30.3. The van der Waals surface area contributed by atoms with Crippen LogP contribution in [0.4, 0.5) is 4.39 Å². The molecule has 49 heavy (non-hydrogen) atoms. The molecule has 0 aromatic carbocycles. The highest BCUT2D eigenvalue weighted by atomic mass is 19.1. The van der Waals surface area contributed by atoms with Gasteiger partial charge in [-0.15, -0.1) is 0 Å². The molecule has 2 heterocycles. The van der Waals surface area contributed by atoms with Crippen LogP contribution in [0.5, 0.6) is 0 Å². The third-order valence-corrected chi connectivity index (χ3v) is 8.92. The average molecular weight is 676 g/mol. The van der Waals surface area contributed by atoms with Gasteiger partial charge in [-0.3, -0.25) is 14.0 Å². The van der Waals surface area contributed by atoms with Crippen LogP contribution < -0.4 is 5.32 Å². The third-order valence-electron chi connectivity index (χ3n) is 8.92. The topological polar surface area (TPSA) is 83.8 Å². The lowest BCUT2D eigenvalue weighted by molar-refractivity contribution is -0.126. The van der Waals surface area contributed by atoms with Gasteiger partial charge in [-0.25, -0.2) is 0 Å². The second-order valence-electron chi connectivity index (χ2n) is 12.0. The second-order valence-corrected chi connectivity index (χ2v) is 12.0. The highest BCUT2D eigenvalue weighted by molar-refractivity contribution is 5.81. The largest absolute Gasteiger partial charge is 0.492 e. The number of hydrogen-bond donors (Lipinski definition) is 2. The number of carbonyl (C=O) groups excluding carboxylic acids is 1. The molecular formula is C41H58FN3O4. The molecule has 1 aliphatic heterocycles. The Morgan fingerprint density at radius 3 is 2.45 bits per heavy atom. The molecule has 3 aliphatic carbocycles. The van der Waals surface area contributed by atoms with Gasteiger partial charge in [0.2, 0.25) is 5.91 Å². The molecule has 2 unspecified atom stereocenters. The van der Waals surface area contributed by atoms with E-state index in [0.717, 1.165) is 81.7 Å². The SMILES string of the molecule is C=C(COC1=CC=C(c2ccc(/C=C3/C=CC(C4=CC=CC4C)C3)n2CC)CC1)NCCCCCN1C(=C)CCC1=O.CC.CF.O=CO. The van der Waals surface area contributed by atoms with E-state index in [-0.39, 0.29) is 12.4 Å². The molecule has 1 saturated heterocycles. The summed E-state index contributed by atoms with van der Waals surface area (Å²) >= 11 is 0. The lowest BCUT2D eigenvalue weighted by Gasteiger charge is -2.19. The molecule has 1 amide bonds. The highest BCUT2D eigenvalue weighted by Gasteiger charge is 2.24. The summed E-state index contributed by atoms with van der Waals surface area (Å²) in [5, 5.41) is 10.3. The van der Waals surface area contributed by atoms with Crippen LogP contribution in [0, 0.1) is 11.8 Å². The number of alkyl halides is 1. The lowest BCUT2D eigenvalue weighted by atomic mass is 9.90. The molecule has 5 rings (SSSR count). The maximum Gasteiger partial charge on any atom is 0.290 e. The smallest absolute Gasteiger partial charge is 0.290 e. The second kappa shape index (κ2) is 22.3. The number of halogens is 1. The van der Waals surface area contributed by atoms with Crippen LogP contribution in [-0.4, -0.2) is 53.8 Å². The molecule has 8 heteroatoms. The van der Waals surface area contributed by atoms with Gasteiger partial charge >= 0.3 is 0 Å². The molecule has 0 radical (unpaired) electrons. The Hall–Kier alpha value is -4.33. The van der Waals surface area contributed by atoms with Crippen LogP contribution in [-0.2, 0) is 20.9 Å². The van der Waals surface area contributed by atoms with Crippen molar-refractivity contribution in [2.75, 3.05) is 26.9 Å². The van der Waals surface area contributed by atoms with E-state index in [2.05, 4.69) is 97.6 Å². The van der Waals surface area contributed by atoms with Gasteiger partial charge in [-0.05, 0) is 86.8 Å². The number of ether oxygens (including phenoxy) is 1. The molecule has 4 aliphatic rings. The summed E-state index contributed by atoms with van der Waals surface area (Å²) in [6.07, 6.45) is 25.7. The number of rotatable bonds is 14. The van der Waals surface area contributed by atoms with Gasteiger partial charge in [0.25, 0.3) is 6.47 Å². The van der Waals surface area contributed by atoms with Gasteiger partial charge in [0.15, 0.2) is 0 Å². The zero-order valence-electron chi connectivity index (χ0n) is 30.3. The molecule has 0 spiro atoms. The predicted molar refractivity (Wildman–Crippen MR) is 201 cm³/mol. The number of nitrogens with one attached hydrogen (secondary N) is 1. The summed E-state index contributed by atoms with van der Waals surface area (Å²) < 4.78 is 18.0. The minimum atomic E-state index is -0.250. The molecule has 268 valence electrons. The fourth-order valence-electron chi connectivity index (χ4n) is 6.46. The van der Waals surface area contributed by atoms with Crippen molar-refractivity contribution in [1.29, 1.82) is 0 Å². The van der Waals surface area contributed by atoms with E-state index in [1.165, 1.54) is 28.1 Å². The first kappa shape index (κ1) is 40.8. The van der Waals surface area contributed by atoms with Crippen molar-refractivity contribution < 1.29 is 23.8 Å². The summed E-state index contributed by atoms with van der Waals surface area (Å²) in [5.41, 5.74) is 8.77. The molecule has 2 atom stereocenters. The summed E-state index contributed by atoms with van der Waals surface area (Å²) in [6, 6.07) is 4.54. The number of aromatic nitrogens is 1. The Bertz CT molecular complexity index is 1430. The van der Waals surface area contributed by atoms with E-state index in [0.29, 0.717) is 32.0 Å². The first-order valence-corrected chi connectivity index (χ1v) is 17.7. The van der Waals surface area contributed by atoms with Crippen molar-refractivity contribution >= 4 is 24.0 Å². The quantitative estimate of drug-likeness (QED) is 0.152. The minimum absolute atomic E-state index is 0.222. The van der Waals surface area contributed by atoms with E-state index in [4.69, 9.17) is 14.6 Å². The molecule has 0 bridgehead atoms. The standard InChI is InChI=1S/C37H47N3O2.C2H6.CH3F.CH2O2/c1-5-39-33(25-30-13-14-32(24-30)35-11-9-10-27(35)2)17-20-36(39)31-15-18-34(19-16-31)42-26-28(3)38-22-7-6-8-23-40-29(4)12-21-37(40)41;2*1-2;2-1-3/h9-11,13-15,17-18,20,25,27,32,38H,3-8,12,16,19,21-24,26H2,1-2H3;1-2H3;1H3;1H,(H,2,3)/b30-25-;;;.